The first-order valence-electron chi connectivity index (χ1n) is 7.26. The van der Waals surface area contributed by atoms with E-state index < -0.39 is 5.92 Å². The predicted octanol–water partition coefficient (Wildman–Crippen LogP) is 4.23. The molecule has 1 aliphatic rings. The smallest absolute Gasteiger partial charge is 0.229 e. The summed E-state index contributed by atoms with van der Waals surface area (Å²) in [6, 6.07) is 10.7. The van der Waals surface area contributed by atoms with E-state index in [4.69, 9.17) is 11.6 Å². The number of carbonyl (C=O) groups is 2. The van der Waals surface area contributed by atoms with Gasteiger partial charge in [0.1, 0.15) is 5.82 Å². The lowest BCUT2D eigenvalue weighted by Gasteiger charge is -2.16. The maximum absolute atomic E-state index is 13.0. The van der Waals surface area contributed by atoms with Gasteiger partial charge in [-0.1, -0.05) is 11.6 Å². The number of carbonyl (C=O) groups excluding carboxylic acids is 2. The third-order valence-electron chi connectivity index (χ3n) is 3.82. The van der Waals surface area contributed by atoms with E-state index in [9.17, 15) is 14.0 Å². The highest BCUT2D eigenvalue weighted by Crippen LogP contribution is 2.28. The van der Waals surface area contributed by atoms with Crippen LogP contribution in [0.4, 0.5) is 15.8 Å². The first kappa shape index (κ1) is 16.9. The quantitative estimate of drug-likeness (QED) is 0.821. The minimum atomic E-state index is -0.468. The van der Waals surface area contributed by atoms with Crippen molar-refractivity contribution in [1.82, 2.24) is 0 Å². The monoisotopic (exact) mass is 410 g/mol. The average Bonchev–Trinajstić information content (AvgIpc) is 2.94. The summed E-state index contributed by atoms with van der Waals surface area (Å²) in [6.07, 6.45) is 0.119. The van der Waals surface area contributed by atoms with E-state index >= 15 is 0 Å². The van der Waals surface area contributed by atoms with Crippen molar-refractivity contribution in [3.05, 3.63) is 57.8 Å². The van der Waals surface area contributed by atoms with Gasteiger partial charge in [-0.3, -0.25) is 9.59 Å². The largest absolute Gasteiger partial charge is 0.326 e. The zero-order chi connectivity index (χ0) is 17.3. The molecule has 1 aliphatic heterocycles. The summed E-state index contributed by atoms with van der Waals surface area (Å²) in [6.45, 7) is 0.264. The first-order chi connectivity index (χ1) is 11.4. The van der Waals surface area contributed by atoms with E-state index in [2.05, 4.69) is 21.2 Å². The number of rotatable bonds is 3. The van der Waals surface area contributed by atoms with E-state index in [1.807, 2.05) is 0 Å². The average molecular weight is 412 g/mol. The summed E-state index contributed by atoms with van der Waals surface area (Å²) in [5, 5.41) is 3.26. The fourth-order valence-corrected chi connectivity index (χ4v) is 3.00. The summed E-state index contributed by atoms with van der Waals surface area (Å²) < 4.78 is 13.7. The molecule has 2 amide bonds. The second kappa shape index (κ2) is 6.91. The molecule has 0 spiro atoms. The van der Waals surface area contributed by atoms with E-state index in [1.54, 1.807) is 18.2 Å². The van der Waals surface area contributed by atoms with Crippen molar-refractivity contribution in [1.29, 1.82) is 0 Å². The maximum atomic E-state index is 13.0. The second-order valence-corrected chi connectivity index (χ2v) is 6.76. The van der Waals surface area contributed by atoms with E-state index in [0.29, 0.717) is 16.4 Å². The van der Waals surface area contributed by atoms with Crippen LogP contribution in [0.1, 0.15) is 6.42 Å². The van der Waals surface area contributed by atoms with Crippen molar-refractivity contribution in [3.8, 4) is 0 Å². The molecule has 0 unspecified atom stereocenters. The van der Waals surface area contributed by atoms with E-state index in [-0.39, 0.29) is 30.6 Å². The van der Waals surface area contributed by atoms with Gasteiger partial charge in [0, 0.05) is 28.8 Å². The molecule has 7 heteroatoms. The molecular formula is C17H13BrClFN2O2. The maximum Gasteiger partial charge on any atom is 0.229 e. The normalized spacial score (nSPS) is 17.2. The molecule has 1 N–H and O–H groups in total. The molecule has 1 fully saturated rings. The number of halogens is 3. The van der Waals surface area contributed by atoms with Crippen molar-refractivity contribution in [2.75, 3.05) is 16.8 Å². The summed E-state index contributed by atoms with van der Waals surface area (Å²) >= 11 is 9.29. The highest BCUT2D eigenvalue weighted by molar-refractivity contribution is 9.10. The van der Waals surface area contributed by atoms with Crippen LogP contribution in [-0.2, 0) is 9.59 Å². The standard InChI is InChI=1S/C17H13BrClFN2O2/c18-14-6-3-12(8-15(14)19)21-17(24)10-7-16(23)22(9-10)13-4-1-11(20)2-5-13/h1-6,8,10H,7,9H2,(H,21,24)/t10-/m1/s1. The molecule has 1 saturated heterocycles. The topological polar surface area (TPSA) is 49.4 Å². The van der Waals surface area contributed by atoms with Gasteiger partial charge < -0.3 is 10.2 Å². The predicted molar refractivity (Wildman–Crippen MR) is 94.6 cm³/mol. The molecule has 1 atom stereocenters. The molecule has 24 heavy (non-hydrogen) atoms. The van der Waals surface area contributed by atoms with E-state index in [1.165, 1.54) is 29.2 Å². The van der Waals surface area contributed by atoms with Crippen LogP contribution in [0.5, 0.6) is 0 Å². The minimum Gasteiger partial charge on any atom is -0.326 e. The van der Waals surface area contributed by atoms with Gasteiger partial charge >= 0.3 is 0 Å². The first-order valence-corrected chi connectivity index (χ1v) is 8.43. The molecule has 2 aromatic carbocycles. The Bertz CT molecular complexity index is 798. The minimum absolute atomic E-state index is 0.119. The number of nitrogens with zero attached hydrogens (tertiary/aromatic N) is 1. The third kappa shape index (κ3) is 3.60. The number of nitrogens with one attached hydrogen (secondary N) is 1. The summed E-state index contributed by atoms with van der Waals surface area (Å²) in [7, 11) is 0. The van der Waals surface area contributed by atoms with Crippen molar-refractivity contribution in [3.63, 3.8) is 0 Å². The SMILES string of the molecule is O=C(Nc1ccc(Br)c(Cl)c1)[C@@H]1CC(=O)N(c2ccc(F)cc2)C1. The lowest BCUT2D eigenvalue weighted by Crippen LogP contribution is -2.28. The number of hydrogen-bond donors (Lipinski definition) is 1. The highest BCUT2D eigenvalue weighted by Gasteiger charge is 2.35. The summed E-state index contributed by atoms with van der Waals surface area (Å²) in [5.41, 5.74) is 1.16. The van der Waals surface area contributed by atoms with Crippen LogP contribution in [0, 0.1) is 11.7 Å². The van der Waals surface area contributed by atoms with Gasteiger partial charge in [-0.25, -0.2) is 4.39 Å². The van der Waals surface area contributed by atoms with Gasteiger partial charge in [0.2, 0.25) is 11.8 Å². The molecule has 0 radical (unpaired) electrons. The Labute approximate surface area is 151 Å². The van der Waals surface area contributed by atoms with E-state index in [0.717, 1.165) is 4.47 Å². The van der Waals surface area contributed by atoms with Gasteiger partial charge in [-0.05, 0) is 58.4 Å². The Morgan fingerprint density at radius 2 is 1.96 bits per heavy atom. The van der Waals surface area contributed by atoms with Crippen LogP contribution in [0.15, 0.2) is 46.9 Å². The highest BCUT2D eigenvalue weighted by atomic mass is 79.9. The Morgan fingerprint density at radius 3 is 2.62 bits per heavy atom. The second-order valence-electron chi connectivity index (χ2n) is 5.50. The van der Waals surface area contributed by atoms with Crippen LogP contribution in [0.2, 0.25) is 5.02 Å². The number of amides is 2. The van der Waals surface area contributed by atoms with Crippen molar-refractivity contribution < 1.29 is 14.0 Å². The Balaban J connectivity index is 1.69. The molecule has 1 heterocycles. The van der Waals surface area contributed by atoms with Gasteiger partial charge in [0.05, 0.1) is 10.9 Å². The van der Waals surface area contributed by atoms with Crippen LogP contribution in [0.25, 0.3) is 0 Å². The van der Waals surface area contributed by atoms with Crippen molar-refractivity contribution >= 4 is 50.7 Å². The van der Waals surface area contributed by atoms with Gasteiger partial charge in [-0.2, -0.15) is 0 Å². The summed E-state index contributed by atoms with van der Waals surface area (Å²) in [4.78, 5) is 26.0. The fourth-order valence-electron chi connectivity index (χ4n) is 2.57. The van der Waals surface area contributed by atoms with Gasteiger partial charge in [0.15, 0.2) is 0 Å². The molecule has 0 aromatic heterocycles. The Kier molecular flexibility index (Phi) is 4.87. The zero-order valence-electron chi connectivity index (χ0n) is 12.4. The number of benzene rings is 2. The fraction of sp³-hybridized carbons (Fsp3) is 0.176. The Morgan fingerprint density at radius 1 is 1.25 bits per heavy atom. The lowest BCUT2D eigenvalue weighted by molar-refractivity contribution is -0.122. The molecule has 0 aliphatic carbocycles. The third-order valence-corrected chi connectivity index (χ3v) is 5.05. The summed E-state index contributed by atoms with van der Waals surface area (Å²) in [5.74, 6) is -1.24. The van der Waals surface area contributed by atoms with Crippen molar-refractivity contribution in [2.24, 2.45) is 5.92 Å². The van der Waals surface area contributed by atoms with Crippen LogP contribution < -0.4 is 10.2 Å². The van der Waals surface area contributed by atoms with Gasteiger partial charge in [0.25, 0.3) is 0 Å². The molecule has 0 saturated carbocycles. The lowest BCUT2D eigenvalue weighted by atomic mass is 10.1. The number of anilines is 2. The molecular weight excluding hydrogens is 399 g/mol. The Hall–Kier alpha value is -1.92. The zero-order valence-corrected chi connectivity index (χ0v) is 14.8. The van der Waals surface area contributed by atoms with Crippen LogP contribution in [0.3, 0.4) is 0 Å². The van der Waals surface area contributed by atoms with Crippen LogP contribution >= 0.6 is 27.5 Å². The molecule has 4 nitrogen and oxygen atoms in total. The van der Waals surface area contributed by atoms with Crippen molar-refractivity contribution in [2.45, 2.75) is 6.42 Å². The number of hydrogen-bond acceptors (Lipinski definition) is 2. The van der Waals surface area contributed by atoms with Gasteiger partial charge in [-0.15, -0.1) is 0 Å². The molecule has 124 valence electrons. The molecule has 3 rings (SSSR count). The van der Waals surface area contributed by atoms with Crippen LogP contribution in [-0.4, -0.2) is 18.4 Å². The molecule has 2 aromatic rings. The molecule has 0 bridgehead atoms.